The van der Waals surface area contributed by atoms with E-state index in [2.05, 4.69) is 10.3 Å². The lowest BCUT2D eigenvalue weighted by Crippen LogP contribution is -2.41. The van der Waals surface area contributed by atoms with Crippen molar-refractivity contribution in [2.75, 3.05) is 38.2 Å². The number of rotatable bonds is 4. The van der Waals surface area contributed by atoms with Crippen molar-refractivity contribution in [2.24, 2.45) is 0 Å². The van der Waals surface area contributed by atoms with Crippen LogP contribution in [0.15, 0.2) is 18.2 Å². The first kappa shape index (κ1) is 12.8. The van der Waals surface area contributed by atoms with Gasteiger partial charge in [0.05, 0.1) is 13.2 Å². The maximum Gasteiger partial charge on any atom is 0.224 e. The van der Waals surface area contributed by atoms with E-state index in [0.717, 1.165) is 11.5 Å². The van der Waals surface area contributed by atoms with Gasteiger partial charge in [-0.25, -0.2) is 4.98 Å². The molecule has 1 saturated heterocycles. The van der Waals surface area contributed by atoms with Crippen LogP contribution in [0.1, 0.15) is 12.1 Å². The first-order valence-corrected chi connectivity index (χ1v) is 6.29. The van der Waals surface area contributed by atoms with Crippen molar-refractivity contribution in [2.45, 2.75) is 13.3 Å². The molecule has 1 N–H and O–H groups in total. The van der Waals surface area contributed by atoms with E-state index in [1.54, 1.807) is 0 Å². The molecule has 5 heteroatoms. The van der Waals surface area contributed by atoms with Gasteiger partial charge in [0.1, 0.15) is 5.82 Å². The molecule has 1 fully saturated rings. The summed E-state index contributed by atoms with van der Waals surface area (Å²) in [7, 11) is 0. The molecule has 1 aliphatic heterocycles. The second kappa shape index (κ2) is 6.35. The van der Waals surface area contributed by atoms with Crippen LogP contribution >= 0.6 is 0 Å². The Morgan fingerprint density at radius 2 is 2.22 bits per heavy atom. The van der Waals surface area contributed by atoms with Crippen molar-refractivity contribution >= 4 is 11.7 Å². The fourth-order valence-corrected chi connectivity index (χ4v) is 1.91. The predicted molar refractivity (Wildman–Crippen MR) is 69.5 cm³/mol. The number of ether oxygens (including phenoxy) is 1. The Labute approximate surface area is 107 Å². The van der Waals surface area contributed by atoms with Crippen molar-refractivity contribution in [3.05, 3.63) is 23.9 Å². The van der Waals surface area contributed by atoms with Gasteiger partial charge in [-0.05, 0) is 19.1 Å². The number of aryl methyl sites for hydroxylation is 1. The van der Waals surface area contributed by atoms with Crippen molar-refractivity contribution in [3.8, 4) is 0 Å². The lowest BCUT2D eigenvalue weighted by Gasteiger charge is -2.26. The molecular weight excluding hydrogens is 230 g/mol. The Bertz CT molecular complexity index is 403. The van der Waals surface area contributed by atoms with E-state index in [0.29, 0.717) is 39.3 Å². The third-order valence-corrected chi connectivity index (χ3v) is 2.90. The van der Waals surface area contributed by atoms with Crippen LogP contribution in [0.25, 0.3) is 0 Å². The lowest BCUT2D eigenvalue weighted by atomic mass is 10.3. The predicted octanol–water partition coefficient (Wildman–Crippen LogP) is 1.05. The summed E-state index contributed by atoms with van der Waals surface area (Å²) in [4.78, 5) is 18.0. The van der Waals surface area contributed by atoms with E-state index in [1.807, 2.05) is 30.0 Å². The summed E-state index contributed by atoms with van der Waals surface area (Å²) >= 11 is 0. The molecule has 0 aromatic carbocycles. The summed E-state index contributed by atoms with van der Waals surface area (Å²) in [6, 6.07) is 5.81. The number of carbonyl (C=O) groups is 1. The summed E-state index contributed by atoms with van der Waals surface area (Å²) in [6.45, 7) is 5.29. The highest BCUT2D eigenvalue weighted by Gasteiger charge is 2.15. The zero-order valence-electron chi connectivity index (χ0n) is 10.7. The molecule has 0 atom stereocenters. The molecule has 1 aromatic rings. The second-order valence-electron chi connectivity index (χ2n) is 4.33. The Morgan fingerprint density at radius 1 is 1.44 bits per heavy atom. The number of carbonyl (C=O) groups excluding carboxylic acids is 1. The summed E-state index contributed by atoms with van der Waals surface area (Å²) < 4.78 is 5.22. The lowest BCUT2D eigenvalue weighted by molar-refractivity contribution is -0.134. The number of aromatic nitrogens is 1. The molecule has 0 unspecified atom stereocenters. The summed E-state index contributed by atoms with van der Waals surface area (Å²) in [5.41, 5.74) is 0.972. The molecule has 1 aliphatic rings. The molecule has 0 saturated carbocycles. The van der Waals surface area contributed by atoms with Gasteiger partial charge < -0.3 is 15.0 Å². The zero-order valence-corrected chi connectivity index (χ0v) is 10.7. The van der Waals surface area contributed by atoms with Gasteiger partial charge >= 0.3 is 0 Å². The number of morpholine rings is 1. The van der Waals surface area contributed by atoms with Gasteiger partial charge in [0, 0.05) is 31.7 Å². The third kappa shape index (κ3) is 3.70. The smallest absolute Gasteiger partial charge is 0.224 e. The molecule has 1 aromatic heterocycles. The average Bonchev–Trinajstić information content (AvgIpc) is 2.40. The number of pyridine rings is 1. The maximum atomic E-state index is 11.9. The number of nitrogens with zero attached hydrogens (tertiary/aromatic N) is 2. The SMILES string of the molecule is Cc1cccc(NCCC(=O)N2CCOCC2)n1. The van der Waals surface area contributed by atoms with Crippen LogP contribution in [0, 0.1) is 6.92 Å². The monoisotopic (exact) mass is 249 g/mol. The molecule has 18 heavy (non-hydrogen) atoms. The summed E-state index contributed by atoms with van der Waals surface area (Å²) in [6.07, 6.45) is 0.496. The highest BCUT2D eigenvalue weighted by Crippen LogP contribution is 2.05. The van der Waals surface area contributed by atoms with Gasteiger partial charge in [-0.1, -0.05) is 6.07 Å². The Hall–Kier alpha value is -1.62. The fourth-order valence-electron chi connectivity index (χ4n) is 1.91. The number of hydrogen-bond donors (Lipinski definition) is 1. The highest BCUT2D eigenvalue weighted by molar-refractivity contribution is 5.76. The largest absolute Gasteiger partial charge is 0.378 e. The normalized spacial score (nSPS) is 15.5. The first-order chi connectivity index (χ1) is 8.75. The van der Waals surface area contributed by atoms with Crippen LogP contribution in [0.5, 0.6) is 0 Å². The van der Waals surface area contributed by atoms with Crippen molar-refractivity contribution in [3.63, 3.8) is 0 Å². The Morgan fingerprint density at radius 3 is 2.94 bits per heavy atom. The molecule has 1 amide bonds. The van der Waals surface area contributed by atoms with E-state index >= 15 is 0 Å². The Kier molecular flexibility index (Phi) is 4.52. The molecule has 0 bridgehead atoms. The summed E-state index contributed by atoms with van der Waals surface area (Å²) in [5, 5.41) is 3.17. The van der Waals surface area contributed by atoms with Crippen LogP contribution in [-0.2, 0) is 9.53 Å². The number of amides is 1. The van der Waals surface area contributed by atoms with E-state index in [-0.39, 0.29) is 5.91 Å². The molecule has 0 spiro atoms. The van der Waals surface area contributed by atoms with E-state index in [4.69, 9.17) is 4.74 Å². The minimum Gasteiger partial charge on any atom is -0.378 e. The van der Waals surface area contributed by atoms with E-state index in [9.17, 15) is 4.79 Å². The van der Waals surface area contributed by atoms with Crippen molar-refractivity contribution in [1.29, 1.82) is 0 Å². The van der Waals surface area contributed by atoms with Crippen molar-refractivity contribution in [1.82, 2.24) is 9.88 Å². The van der Waals surface area contributed by atoms with Gasteiger partial charge in [0.25, 0.3) is 0 Å². The molecular formula is C13H19N3O2. The molecule has 0 aliphatic carbocycles. The zero-order chi connectivity index (χ0) is 12.8. The van der Waals surface area contributed by atoms with Gasteiger partial charge in [-0.3, -0.25) is 4.79 Å². The number of anilines is 1. The van der Waals surface area contributed by atoms with Crippen LogP contribution < -0.4 is 5.32 Å². The maximum absolute atomic E-state index is 11.9. The van der Waals surface area contributed by atoms with Gasteiger partial charge in [0.15, 0.2) is 0 Å². The van der Waals surface area contributed by atoms with E-state index in [1.165, 1.54) is 0 Å². The van der Waals surface area contributed by atoms with Crippen LogP contribution in [0.2, 0.25) is 0 Å². The van der Waals surface area contributed by atoms with Gasteiger partial charge in [0.2, 0.25) is 5.91 Å². The van der Waals surface area contributed by atoms with Gasteiger partial charge in [-0.15, -0.1) is 0 Å². The van der Waals surface area contributed by atoms with Crippen LogP contribution in [-0.4, -0.2) is 48.6 Å². The molecule has 2 heterocycles. The molecule has 98 valence electrons. The quantitative estimate of drug-likeness (QED) is 0.866. The first-order valence-electron chi connectivity index (χ1n) is 6.29. The Balaban J connectivity index is 1.73. The number of hydrogen-bond acceptors (Lipinski definition) is 4. The number of nitrogens with one attached hydrogen (secondary N) is 1. The molecule has 5 nitrogen and oxygen atoms in total. The molecule has 2 rings (SSSR count). The van der Waals surface area contributed by atoms with Crippen molar-refractivity contribution < 1.29 is 9.53 Å². The van der Waals surface area contributed by atoms with Crippen LogP contribution in [0.3, 0.4) is 0 Å². The average molecular weight is 249 g/mol. The summed E-state index contributed by atoms with van der Waals surface area (Å²) in [5.74, 6) is 1.00. The van der Waals surface area contributed by atoms with Crippen LogP contribution in [0.4, 0.5) is 5.82 Å². The minimum absolute atomic E-state index is 0.179. The second-order valence-corrected chi connectivity index (χ2v) is 4.33. The third-order valence-electron chi connectivity index (χ3n) is 2.90. The fraction of sp³-hybridized carbons (Fsp3) is 0.538. The molecule has 0 radical (unpaired) electrons. The minimum atomic E-state index is 0.179. The van der Waals surface area contributed by atoms with E-state index < -0.39 is 0 Å². The highest BCUT2D eigenvalue weighted by atomic mass is 16.5. The standard InChI is InChI=1S/C13H19N3O2/c1-11-3-2-4-12(15-11)14-6-5-13(17)16-7-9-18-10-8-16/h2-4H,5-10H2,1H3,(H,14,15). The van der Waals surface area contributed by atoms with Gasteiger partial charge in [-0.2, -0.15) is 0 Å². The topological polar surface area (TPSA) is 54.5 Å².